The molecule has 0 aliphatic heterocycles. The van der Waals surface area contributed by atoms with E-state index in [0.29, 0.717) is 5.92 Å². The van der Waals surface area contributed by atoms with Crippen LogP contribution in [0.5, 0.6) is 0 Å². The predicted octanol–water partition coefficient (Wildman–Crippen LogP) is 6.10. The van der Waals surface area contributed by atoms with E-state index in [0.717, 1.165) is 0 Å². The van der Waals surface area contributed by atoms with E-state index in [1.807, 2.05) is 6.07 Å². The molecule has 3 aromatic carbocycles. The molecule has 0 unspecified atom stereocenters. The zero-order chi connectivity index (χ0) is 19.1. The van der Waals surface area contributed by atoms with E-state index in [1.165, 1.54) is 16.7 Å². The number of hydrogen-bond donors (Lipinski definition) is 1. The highest BCUT2D eigenvalue weighted by Crippen LogP contribution is 2.35. The molecule has 3 aromatic rings. The molecule has 2 nitrogen and oxygen atoms in total. The molecule has 2 heteroatoms. The summed E-state index contributed by atoms with van der Waals surface area (Å²) in [6.07, 6.45) is -0.0708. The Bertz CT molecular complexity index is 786. The summed E-state index contributed by atoms with van der Waals surface area (Å²) in [5.41, 5.74) is 3.71. The van der Waals surface area contributed by atoms with E-state index in [-0.39, 0.29) is 18.2 Å². The molecule has 3 rings (SSSR count). The predicted molar refractivity (Wildman–Crippen MR) is 113 cm³/mol. The quantitative estimate of drug-likeness (QED) is 0.524. The van der Waals surface area contributed by atoms with Gasteiger partial charge in [-0.1, -0.05) is 105 Å². The van der Waals surface area contributed by atoms with Gasteiger partial charge in [-0.05, 0) is 22.6 Å². The number of hydrogen-bond acceptors (Lipinski definition) is 2. The lowest BCUT2D eigenvalue weighted by atomic mass is 9.90. The SMILES string of the molecule is CO[C@H](c1ccccc1)[C@@H](N[C@H](c1ccccc1)C(C)C)c1ccccc1. The lowest BCUT2D eigenvalue weighted by Crippen LogP contribution is -2.34. The molecule has 0 saturated heterocycles. The van der Waals surface area contributed by atoms with Crippen LogP contribution in [0.4, 0.5) is 0 Å². The van der Waals surface area contributed by atoms with Crippen molar-refractivity contribution < 1.29 is 4.74 Å². The van der Waals surface area contributed by atoms with Gasteiger partial charge in [0.15, 0.2) is 0 Å². The topological polar surface area (TPSA) is 21.3 Å². The molecule has 0 heterocycles. The van der Waals surface area contributed by atoms with E-state index < -0.39 is 0 Å². The second-order valence-corrected chi connectivity index (χ2v) is 7.25. The van der Waals surface area contributed by atoms with E-state index in [4.69, 9.17) is 4.74 Å². The summed E-state index contributed by atoms with van der Waals surface area (Å²) in [5.74, 6) is 0.451. The van der Waals surface area contributed by atoms with Gasteiger partial charge in [-0.25, -0.2) is 0 Å². The molecular weight excluding hydrogens is 330 g/mol. The van der Waals surface area contributed by atoms with Crippen LogP contribution >= 0.6 is 0 Å². The third-order valence-corrected chi connectivity index (χ3v) is 5.03. The summed E-state index contributed by atoms with van der Waals surface area (Å²) < 4.78 is 6.01. The van der Waals surface area contributed by atoms with Gasteiger partial charge in [0.05, 0.1) is 6.04 Å². The van der Waals surface area contributed by atoms with Gasteiger partial charge in [-0.15, -0.1) is 0 Å². The molecule has 0 radical (unpaired) electrons. The monoisotopic (exact) mass is 359 g/mol. The van der Waals surface area contributed by atoms with Crippen molar-refractivity contribution in [2.75, 3.05) is 7.11 Å². The van der Waals surface area contributed by atoms with Gasteiger partial charge >= 0.3 is 0 Å². The Morgan fingerprint density at radius 1 is 0.593 bits per heavy atom. The first kappa shape index (κ1) is 19.3. The van der Waals surface area contributed by atoms with Gasteiger partial charge in [0.1, 0.15) is 6.10 Å². The van der Waals surface area contributed by atoms with E-state index >= 15 is 0 Å². The molecule has 0 aromatic heterocycles. The van der Waals surface area contributed by atoms with Gasteiger partial charge in [-0.2, -0.15) is 0 Å². The van der Waals surface area contributed by atoms with Crippen molar-refractivity contribution in [3.05, 3.63) is 108 Å². The third kappa shape index (κ3) is 4.85. The van der Waals surface area contributed by atoms with Crippen molar-refractivity contribution in [1.82, 2.24) is 5.32 Å². The van der Waals surface area contributed by atoms with Gasteiger partial charge in [0, 0.05) is 13.2 Å². The normalized spacial score (nSPS) is 14.7. The third-order valence-electron chi connectivity index (χ3n) is 5.03. The van der Waals surface area contributed by atoms with E-state index in [2.05, 4.69) is 104 Å². The fourth-order valence-electron chi connectivity index (χ4n) is 3.65. The van der Waals surface area contributed by atoms with Gasteiger partial charge in [0.2, 0.25) is 0 Å². The van der Waals surface area contributed by atoms with Crippen LogP contribution < -0.4 is 5.32 Å². The van der Waals surface area contributed by atoms with Crippen molar-refractivity contribution in [2.24, 2.45) is 5.92 Å². The zero-order valence-electron chi connectivity index (χ0n) is 16.4. The zero-order valence-corrected chi connectivity index (χ0v) is 16.4. The second-order valence-electron chi connectivity index (χ2n) is 7.25. The van der Waals surface area contributed by atoms with Crippen LogP contribution in [0.1, 0.15) is 48.7 Å². The molecule has 27 heavy (non-hydrogen) atoms. The first-order valence-electron chi connectivity index (χ1n) is 9.64. The summed E-state index contributed by atoms with van der Waals surface area (Å²) in [6, 6.07) is 32.0. The molecule has 0 bridgehead atoms. The number of rotatable bonds is 8. The van der Waals surface area contributed by atoms with Gasteiger partial charge < -0.3 is 10.1 Å². The average molecular weight is 360 g/mol. The first-order valence-corrected chi connectivity index (χ1v) is 9.64. The molecule has 0 amide bonds. The fourth-order valence-corrected chi connectivity index (χ4v) is 3.65. The van der Waals surface area contributed by atoms with Crippen LogP contribution in [-0.4, -0.2) is 7.11 Å². The van der Waals surface area contributed by atoms with Crippen molar-refractivity contribution in [3.63, 3.8) is 0 Å². The molecule has 3 atom stereocenters. The van der Waals surface area contributed by atoms with Crippen LogP contribution in [-0.2, 0) is 4.74 Å². The van der Waals surface area contributed by atoms with Crippen molar-refractivity contribution in [3.8, 4) is 0 Å². The van der Waals surface area contributed by atoms with Crippen LogP contribution in [0.2, 0.25) is 0 Å². The highest BCUT2D eigenvalue weighted by atomic mass is 16.5. The van der Waals surface area contributed by atoms with Crippen LogP contribution in [0.25, 0.3) is 0 Å². The average Bonchev–Trinajstić information content (AvgIpc) is 2.73. The van der Waals surface area contributed by atoms with Gasteiger partial charge in [0.25, 0.3) is 0 Å². The van der Waals surface area contributed by atoms with Crippen molar-refractivity contribution in [1.29, 1.82) is 0 Å². The highest BCUT2D eigenvalue weighted by Gasteiger charge is 2.28. The minimum absolute atomic E-state index is 0.0474. The molecule has 0 spiro atoms. The maximum atomic E-state index is 6.01. The van der Waals surface area contributed by atoms with Crippen molar-refractivity contribution in [2.45, 2.75) is 32.0 Å². The van der Waals surface area contributed by atoms with Crippen molar-refractivity contribution >= 4 is 0 Å². The fraction of sp³-hybridized carbons (Fsp3) is 0.280. The molecule has 140 valence electrons. The first-order chi connectivity index (χ1) is 13.2. The molecule has 0 aliphatic rings. The lowest BCUT2D eigenvalue weighted by molar-refractivity contribution is 0.0603. The Hall–Kier alpha value is -2.42. The molecule has 0 saturated carbocycles. The second kappa shape index (κ2) is 9.50. The Morgan fingerprint density at radius 2 is 1.00 bits per heavy atom. The Kier molecular flexibility index (Phi) is 6.80. The summed E-state index contributed by atoms with van der Waals surface area (Å²) in [6.45, 7) is 4.52. The Balaban J connectivity index is 1.99. The maximum Gasteiger partial charge on any atom is 0.102 e. The van der Waals surface area contributed by atoms with Crippen LogP contribution in [0.15, 0.2) is 91.0 Å². The van der Waals surface area contributed by atoms with E-state index in [1.54, 1.807) is 7.11 Å². The molecular formula is C25H29NO. The van der Waals surface area contributed by atoms with Gasteiger partial charge in [-0.3, -0.25) is 0 Å². The van der Waals surface area contributed by atoms with Crippen LogP contribution in [0, 0.1) is 5.92 Å². The standard InChI is InChI=1S/C25H29NO/c1-19(2)23(20-13-7-4-8-14-20)26-24(21-15-9-5-10-16-21)25(27-3)22-17-11-6-12-18-22/h4-19,23-26H,1-3H3/t23-,24-,25+/m0/s1. The molecule has 0 fully saturated rings. The summed E-state index contributed by atoms with van der Waals surface area (Å²) in [7, 11) is 1.79. The summed E-state index contributed by atoms with van der Waals surface area (Å²) >= 11 is 0. The Labute approximate surface area is 163 Å². The number of methoxy groups -OCH3 is 1. The lowest BCUT2D eigenvalue weighted by Gasteiger charge is -2.34. The Morgan fingerprint density at radius 3 is 1.41 bits per heavy atom. The maximum absolute atomic E-state index is 6.01. The summed E-state index contributed by atoms with van der Waals surface area (Å²) in [5, 5.41) is 3.91. The smallest absolute Gasteiger partial charge is 0.102 e. The number of benzene rings is 3. The summed E-state index contributed by atoms with van der Waals surface area (Å²) in [4.78, 5) is 0. The van der Waals surface area contributed by atoms with E-state index in [9.17, 15) is 0 Å². The molecule has 1 N–H and O–H groups in total. The number of ether oxygens (including phenoxy) is 1. The highest BCUT2D eigenvalue weighted by molar-refractivity contribution is 5.28. The minimum Gasteiger partial charge on any atom is -0.375 e. The largest absolute Gasteiger partial charge is 0.375 e. The van der Waals surface area contributed by atoms with Crippen LogP contribution in [0.3, 0.4) is 0 Å². The minimum atomic E-state index is -0.0708. The molecule has 0 aliphatic carbocycles. The number of nitrogens with one attached hydrogen (secondary N) is 1.